The standard InChI is InChI=1S/C14H24N2O2/c1-11(17)6-7-16(2)10-12-4-5-13(9-15)14(8-12)18-3/h4-5,8,11,17H,6-7,9-10,15H2,1-3H3. The molecule has 0 aliphatic heterocycles. The fourth-order valence-corrected chi connectivity index (χ4v) is 1.85. The molecule has 0 fully saturated rings. The zero-order valence-electron chi connectivity index (χ0n) is 11.5. The molecule has 4 heteroatoms. The molecule has 1 atom stereocenters. The van der Waals surface area contributed by atoms with E-state index < -0.39 is 0 Å². The maximum Gasteiger partial charge on any atom is 0.123 e. The van der Waals surface area contributed by atoms with E-state index in [0.717, 1.165) is 30.8 Å². The third kappa shape index (κ3) is 4.64. The van der Waals surface area contributed by atoms with E-state index in [0.29, 0.717) is 6.54 Å². The Morgan fingerprint density at radius 2 is 2.17 bits per heavy atom. The van der Waals surface area contributed by atoms with Gasteiger partial charge < -0.3 is 20.5 Å². The van der Waals surface area contributed by atoms with Crippen molar-refractivity contribution in [2.75, 3.05) is 20.7 Å². The summed E-state index contributed by atoms with van der Waals surface area (Å²) in [5.41, 5.74) is 7.85. The Labute approximate surface area is 109 Å². The predicted molar refractivity (Wildman–Crippen MR) is 73.5 cm³/mol. The molecule has 1 unspecified atom stereocenters. The van der Waals surface area contributed by atoms with Crippen molar-refractivity contribution >= 4 is 0 Å². The molecule has 0 aliphatic carbocycles. The molecule has 0 saturated heterocycles. The number of rotatable bonds is 7. The number of benzene rings is 1. The minimum absolute atomic E-state index is 0.249. The Kier molecular flexibility index (Phi) is 6.12. The topological polar surface area (TPSA) is 58.7 Å². The highest BCUT2D eigenvalue weighted by Crippen LogP contribution is 2.20. The Morgan fingerprint density at radius 1 is 1.44 bits per heavy atom. The first-order valence-electron chi connectivity index (χ1n) is 6.29. The summed E-state index contributed by atoms with van der Waals surface area (Å²) in [6, 6.07) is 6.11. The second-order valence-electron chi connectivity index (χ2n) is 4.73. The summed E-state index contributed by atoms with van der Waals surface area (Å²) in [5, 5.41) is 9.26. The first kappa shape index (κ1) is 15.0. The summed E-state index contributed by atoms with van der Waals surface area (Å²) < 4.78 is 5.32. The lowest BCUT2D eigenvalue weighted by atomic mass is 10.1. The van der Waals surface area contributed by atoms with Gasteiger partial charge >= 0.3 is 0 Å². The first-order chi connectivity index (χ1) is 8.56. The Balaban J connectivity index is 2.61. The van der Waals surface area contributed by atoms with Crippen molar-refractivity contribution in [2.45, 2.75) is 32.5 Å². The SMILES string of the molecule is COc1cc(CN(C)CCC(C)O)ccc1CN. The Hall–Kier alpha value is -1.10. The van der Waals surface area contributed by atoms with E-state index in [1.807, 2.05) is 26.1 Å². The van der Waals surface area contributed by atoms with Crippen molar-refractivity contribution in [3.05, 3.63) is 29.3 Å². The fourth-order valence-electron chi connectivity index (χ4n) is 1.85. The smallest absolute Gasteiger partial charge is 0.123 e. The zero-order chi connectivity index (χ0) is 13.5. The highest BCUT2D eigenvalue weighted by molar-refractivity contribution is 5.37. The number of aliphatic hydroxyl groups excluding tert-OH is 1. The van der Waals surface area contributed by atoms with E-state index in [2.05, 4.69) is 11.0 Å². The molecular weight excluding hydrogens is 228 g/mol. The molecule has 0 aliphatic rings. The van der Waals surface area contributed by atoms with Gasteiger partial charge in [-0.1, -0.05) is 12.1 Å². The van der Waals surface area contributed by atoms with Gasteiger partial charge in [-0.15, -0.1) is 0 Å². The molecule has 1 aromatic rings. The minimum atomic E-state index is -0.249. The quantitative estimate of drug-likeness (QED) is 0.769. The molecule has 0 amide bonds. The number of methoxy groups -OCH3 is 1. The van der Waals surface area contributed by atoms with Crippen molar-refractivity contribution < 1.29 is 9.84 Å². The number of ether oxygens (including phenoxy) is 1. The van der Waals surface area contributed by atoms with Crippen molar-refractivity contribution in [3.8, 4) is 5.75 Å². The van der Waals surface area contributed by atoms with Gasteiger partial charge in [0.15, 0.2) is 0 Å². The highest BCUT2D eigenvalue weighted by Gasteiger charge is 2.06. The second kappa shape index (κ2) is 7.36. The average molecular weight is 252 g/mol. The third-order valence-corrected chi connectivity index (χ3v) is 2.95. The molecule has 102 valence electrons. The molecule has 0 heterocycles. The van der Waals surface area contributed by atoms with Crippen LogP contribution in [0.15, 0.2) is 18.2 Å². The summed E-state index contributed by atoms with van der Waals surface area (Å²) in [5.74, 6) is 0.846. The van der Waals surface area contributed by atoms with Crippen LogP contribution in [0.2, 0.25) is 0 Å². The van der Waals surface area contributed by atoms with Crippen LogP contribution in [-0.2, 0) is 13.1 Å². The van der Waals surface area contributed by atoms with Crippen LogP contribution in [0.25, 0.3) is 0 Å². The van der Waals surface area contributed by atoms with Gasteiger partial charge in [-0.05, 0) is 32.0 Å². The van der Waals surface area contributed by atoms with Crippen LogP contribution in [0.5, 0.6) is 5.75 Å². The van der Waals surface area contributed by atoms with Crippen LogP contribution in [-0.4, -0.2) is 36.8 Å². The molecule has 4 nitrogen and oxygen atoms in total. The molecule has 0 saturated carbocycles. The highest BCUT2D eigenvalue weighted by atomic mass is 16.5. The lowest BCUT2D eigenvalue weighted by Crippen LogP contribution is -2.22. The minimum Gasteiger partial charge on any atom is -0.496 e. The van der Waals surface area contributed by atoms with Gasteiger partial charge in [0.2, 0.25) is 0 Å². The molecule has 0 spiro atoms. The normalized spacial score (nSPS) is 12.8. The molecule has 18 heavy (non-hydrogen) atoms. The number of hydrogen-bond acceptors (Lipinski definition) is 4. The number of hydrogen-bond donors (Lipinski definition) is 2. The third-order valence-electron chi connectivity index (χ3n) is 2.95. The molecule has 0 aromatic heterocycles. The lowest BCUT2D eigenvalue weighted by Gasteiger charge is -2.18. The molecule has 1 rings (SSSR count). The summed E-state index contributed by atoms with van der Waals surface area (Å²) in [6.45, 7) is 4.01. The van der Waals surface area contributed by atoms with Gasteiger partial charge in [-0.2, -0.15) is 0 Å². The van der Waals surface area contributed by atoms with Gasteiger partial charge in [0, 0.05) is 25.2 Å². The van der Waals surface area contributed by atoms with Crippen molar-refractivity contribution in [1.29, 1.82) is 0 Å². The summed E-state index contributed by atoms with van der Waals surface area (Å²) in [4.78, 5) is 2.18. The number of nitrogens with two attached hydrogens (primary N) is 1. The Bertz CT molecular complexity index is 367. The van der Waals surface area contributed by atoms with Crippen molar-refractivity contribution in [2.24, 2.45) is 5.73 Å². The summed E-state index contributed by atoms with van der Waals surface area (Å²) >= 11 is 0. The Morgan fingerprint density at radius 3 is 2.72 bits per heavy atom. The van der Waals surface area contributed by atoms with Gasteiger partial charge in [0.25, 0.3) is 0 Å². The van der Waals surface area contributed by atoms with Crippen LogP contribution in [0.3, 0.4) is 0 Å². The van der Waals surface area contributed by atoms with Gasteiger partial charge in [-0.25, -0.2) is 0 Å². The van der Waals surface area contributed by atoms with E-state index in [1.54, 1.807) is 7.11 Å². The van der Waals surface area contributed by atoms with E-state index in [4.69, 9.17) is 10.5 Å². The zero-order valence-corrected chi connectivity index (χ0v) is 11.5. The molecule has 0 bridgehead atoms. The van der Waals surface area contributed by atoms with E-state index in [1.165, 1.54) is 5.56 Å². The van der Waals surface area contributed by atoms with E-state index >= 15 is 0 Å². The van der Waals surface area contributed by atoms with Crippen molar-refractivity contribution in [1.82, 2.24) is 4.90 Å². The first-order valence-corrected chi connectivity index (χ1v) is 6.29. The molecule has 1 aromatic carbocycles. The largest absolute Gasteiger partial charge is 0.496 e. The molecule has 0 radical (unpaired) electrons. The maximum atomic E-state index is 9.26. The second-order valence-corrected chi connectivity index (χ2v) is 4.73. The van der Waals surface area contributed by atoms with Gasteiger partial charge in [0.1, 0.15) is 5.75 Å². The van der Waals surface area contributed by atoms with Crippen LogP contribution in [0, 0.1) is 0 Å². The lowest BCUT2D eigenvalue weighted by molar-refractivity contribution is 0.163. The van der Waals surface area contributed by atoms with E-state index in [-0.39, 0.29) is 6.10 Å². The average Bonchev–Trinajstić information content (AvgIpc) is 2.36. The van der Waals surface area contributed by atoms with Gasteiger partial charge in [-0.3, -0.25) is 0 Å². The van der Waals surface area contributed by atoms with Crippen molar-refractivity contribution in [3.63, 3.8) is 0 Å². The maximum absolute atomic E-state index is 9.26. The summed E-state index contributed by atoms with van der Waals surface area (Å²) in [6.07, 6.45) is 0.538. The van der Waals surface area contributed by atoms with Crippen LogP contribution >= 0.6 is 0 Å². The summed E-state index contributed by atoms with van der Waals surface area (Å²) in [7, 11) is 3.71. The predicted octanol–water partition coefficient (Wildman–Crippen LogP) is 1.36. The van der Waals surface area contributed by atoms with Crippen LogP contribution < -0.4 is 10.5 Å². The fraction of sp³-hybridized carbons (Fsp3) is 0.571. The van der Waals surface area contributed by atoms with Gasteiger partial charge in [0.05, 0.1) is 13.2 Å². The number of aliphatic hydroxyl groups is 1. The molecular formula is C14H24N2O2. The van der Waals surface area contributed by atoms with E-state index in [9.17, 15) is 5.11 Å². The molecule has 3 N–H and O–H groups in total. The number of nitrogens with zero attached hydrogens (tertiary/aromatic N) is 1. The monoisotopic (exact) mass is 252 g/mol. The van der Waals surface area contributed by atoms with Crippen LogP contribution in [0.4, 0.5) is 0 Å². The van der Waals surface area contributed by atoms with Crippen LogP contribution in [0.1, 0.15) is 24.5 Å².